The topological polar surface area (TPSA) is 57.0 Å². The fraction of sp³-hybridized carbons (Fsp3) is 0.300. The van der Waals surface area contributed by atoms with Crippen LogP contribution in [0.4, 0.5) is 13.2 Å². The Labute approximate surface area is 219 Å². The van der Waals surface area contributed by atoms with Gasteiger partial charge in [-0.05, 0) is 85.5 Å². The van der Waals surface area contributed by atoms with Gasteiger partial charge in [0.15, 0.2) is 5.82 Å². The van der Waals surface area contributed by atoms with Crippen LogP contribution in [0.1, 0.15) is 46.6 Å². The first-order valence-electron chi connectivity index (χ1n) is 12.5. The second kappa shape index (κ2) is 10.1. The number of aryl methyl sites for hydroxylation is 3. The van der Waals surface area contributed by atoms with Crippen molar-refractivity contribution in [2.75, 3.05) is 0 Å². The minimum atomic E-state index is -4.73. The zero-order valence-electron chi connectivity index (χ0n) is 21.4. The van der Waals surface area contributed by atoms with Crippen molar-refractivity contribution in [3.05, 3.63) is 94.8 Å². The predicted molar refractivity (Wildman–Crippen MR) is 138 cm³/mol. The lowest BCUT2D eigenvalue weighted by molar-refractivity contribution is -0.274. The van der Waals surface area contributed by atoms with E-state index in [1.807, 2.05) is 12.1 Å². The number of nitrogens with zero attached hydrogens (tertiary/aromatic N) is 3. The number of rotatable bonds is 8. The maximum absolute atomic E-state index is 12.8. The van der Waals surface area contributed by atoms with Gasteiger partial charge in [0.25, 0.3) is 0 Å². The van der Waals surface area contributed by atoms with Gasteiger partial charge in [-0.1, -0.05) is 42.0 Å². The van der Waals surface area contributed by atoms with Crippen molar-refractivity contribution in [2.24, 2.45) is 5.92 Å². The summed E-state index contributed by atoms with van der Waals surface area (Å²) in [6, 6.07) is 17.8. The molecule has 1 saturated carbocycles. The van der Waals surface area contributed by atoms with Crippen molar-refractivity contribution in [3.8, 4) is 22.8 Å². The average Bonchev–Trinajstić information content (AvgIpc) is 3.42. The van der Waals surface area contributed by atoms with Gasteiger partial charge in [0.2, 0.25) is 0 Å². The molecule has 4 aromatic rings. The summed E-state index contributed by atoms with van der Waals surface area (Å²) >= 11 is 0. The minimum Gasteiger partial charge on any atom is -0.406 e. The summed E-state index contributed by atoms with van der Waals surface area (Å²) in [5.41, 5.74) is 7.34. The van der Waals surface area contributed by atoms with E-state index in [9.17, 15) is 18.0 Å². The number of Topliss-reactive ketones (excluding diaryl/α,β-unsaturated/α-hetero) is 1. The number of ketones is 1. The van der Waals surface area contributed by atoms with Gasteiger partial charge in [-0.2, -0.15) is 0 Å². The second-order valence-corrected chi connectivity index (χ2v) is 10.1. The molecule has 1 aromatic heterocycles. The average molecular weight is 520 g/mol. The number of carbonyl (C=O) groups excluding carboxylic acids is 1. The third-order valence-corrected chi connectivity index (χ3v) is 7.05. The van der Waals surface area contributed by atoms with E-state index in [2.05, 4.69) is 59.9 Å². The number of halogens is 3. The Kier molecular flexibility index (Phi) is 6.82. The van der Waals surface area contributed by atoms with Crippen LogP contribution in [-0.4, -0.2) is 26.9 Å². The molecule has 196 valence electrons. The fourth-order valence-corrected chi connectivity index (χ4v) is 5.13. The van der Waals surface area contributed by atoms with E-state index >= 15 is 0 Å². The van der Waals surface area contributed by atoms with Crippen LogP contribution in [0.5, 0.6) is 5.75 Å². The smallest absolute Gasteiger partial charge is 0.406 e. The number of hydrogen-bond donors (Lipinski definition) is 0. The van der Waals surface area contributed by atoms with E-state index in [0.29, 0.717) is 36.2 Å². The molecule has 3 aromatic carbocycles. The van der Waals surface area contributed by atoms with Crippen molar-refractivity contribution >= 4 is 5.78 Å². The van der Waals surface area contributed by atoms with Gasteiger partial charge in [-0.3, -0.25) is 4.79 Å². The number of carbonyl (C=O) groups is 1. The van der Waals surface area contributed by atoms with Crippen molar-refractivity contribution in [1.82, 2.24) is 14.8 Å². The molecule has 2 atom stereocenters. The maximum Gasteiger partial charge on any atom is 0.573 e. The van der Waals surface area contributed by atoms with Crippen LogP contribution in [0.15, 0.2) is 67.0 Å². The summed E-state index contributed by atoms with van der Waals surface area (Å²) < 4.78 is 42.5. The lowest BCUT2D eigenvalue weighted by Gasteiger charge is -2.11. The quantitative estimate of drug-likeness (QED) is 0.250. The van der Waals surface area contributed by atoms with E-state index in [1.165, 1.54) is 57.5 Å². The molecule has 0 spiro atoms. The van der Waals surface area contributed by atoms with Crippen molar-refractivity contribution < 1.29 is 22.7 Å². The van der Waals surface area contributed by atoms with Gasteiger partial charge in [0.05, 0.1) is 5.69 Å². The molecule has 5 rings (SSSR count). The van der Waals surface area contributed by atoms with Gasteiger partial charge in [0, 0.05) is 18.4 Å². The van der Waals surface area contributed by atoms with Crippen LogP contribution in [0.3, 0.4) is 0 Å². The normalized spacial score (nSPS) is 16.9. The number of aromatic nitrogens is 3. The highest BCUT2D eigenvalue weighted by atomic mass is 19.4. The summed E-state index contributed by atoms with van der Waals surface area (Å²) in [7, 11) is 0. The standard InChI is InChI=1S/C30H28F3N3O2/c1-18-12-19(2)27(20(3)13-18)16-25(37)14-23-15-28(23)21-4-6-22(7-5-21)29-34-17-36(35-29)24-8-10-26(11-9-24)38-30(31,32)33/h4-13,17,23,28H,14-16H2,1-3H3. The van der Waals surface area contributed by atoms with E-state index in [0.717, 1.165) is 17.5 Å². The molecule has 0 saturated heterocycles. The van der Waals surface area contributed by atoms with Crippen LogP contribution in [0.25, 0.3) is 17.1 Å². The van der Waals surface area contributed by atoms with Crippen molar-refractivity contribution in [1.29, 1.82) is 0 Å². The highest BCUT2D eigenvalue weighted by Gasteiger charge is 2.39. The summed E-state index contributed by atoms with van der Waals surface area (Å²) in [5.74, 6) is 1.27. The molecule has 5 nitrogen and oxygen atoms in total. The van der Waals surface area contributed by atoms with E-state index in [4.69, 9.17) is 0 Å². The molecular weight excluding hydrogens is 491 g/mol. The Hall–Kier alpha value is -3.94. The molecule has 2 unspecified atom stereocenters. The Morgan fingerprint density at radius 3 is 2.29 bits per heavy atom. The summed E-state index contributed by atoms with van der Waals surface area (Å²) in [6.07, 6.45) is -1.12. The zero-order valence-corrected chi connectivity index (χ0v) is 21.4. The first kappa shape index (κ1) is 25.7. The lowest BCUT2D eigenvalue weighted by Crippen LogP contribution is -2.17. The molecule has 8 heteroatoms. The molecule has 1 fully saturated rings. The Bertz CT molecular complexity index is 1430. The molecule has 1 heterocycles. The lowest BCUT2D eigenvalue weighted by atomic mass is 9.94. The molecule has 38 heavy (non-hydrogen) atoms. The van der Waals surface area contributed by atoms with Crippen LogP contribution in [0, 0.1) is 26.7 Å². The summed E-state index contributed by atoms with van der Waals surface area (Å²) in [6.45, 7) is 6.22. The summed E-state index contributed by atoms with van der Waals surface area (Å²) in [5, 5.41) is 4.46. The van der Waals surface area contributed by atoms with Crippen LogP contribution in [-0.2, 0) is 11.2 Å². The molecule has 0 radical (unpaired) electrons. The van der Waals surface area contributed by atoms with Gasteiger partial charge in [-0.15, -0.1) is 18.3 Å². The van der Waals surface area contributed by atoms with E-state index in [1.54, 1.807) is 0 Å². The van der Waals surface area contributed by atoms with Crippen molar-refractivity contribution in [3.63, 3.8) is 0 Å². The Morgan fingerprint density at radius 1 is 1.00 bits per heavy atom. The summed E-state index contributed by atoms with van der Waals surface area (Å²) in [4.78, 5) is 17.1. The number of alkyl halides is 3. The van der Waals surface area contributed by atoms with Crippen molar-refractivity contribution in [2.45, 2.75) is 52.3 Å². The maximum atomic E-state index is 12.8. The number of hydrogen-bond acceptors (Lipinski definition) is 4. The fourth-order valence-electron chi connectivity index (χ4n) is 5.13. The Balaban J connectivity index is 1.18. The highest BCUT2D eigenvalue weighted by Crippen LogP contribution is 2.50. The zero-order chi connectivity index (χ0) is 27.0. The molecule has 0 amide bonds. The van der Waals surface area contributed by atoms with Crippen LogP contribution >= 0.6 is 0 Å². The van der Waals surface area contributed by atoms with Gasteiger partial charge in [-0.25, -0.2) is 9.67 Å². The third kappa shape index (κ3) is 5.96. The third-order valence-electron chi connectivity index (χ3n) is 7.05. The van der Waals surface area contributed by atoms with Gasteiger partial charge in [0.1, 0.15) is 17.9 Å². The largest absolute Gasteiger partial charge is 0.573 e. The van der Waals surface area contributed by atoms with Crippen LogP contribution < -0.4 is 4.74 Å². The van der Waals surface area contributed by atoms with Crippen LogP contribution in [0.2, 0.25) is 0 Å². The number of benzene rings is 3. The first-order valence-corrected chi connectivity index (χ1v) is 12.5. The monoisotopic (exact) mass is 519 g/mol. The van der Waals surface area contributed by atoms with Gasteiger partial charge < -0.3 is 4.74 Å². The molecule has 0 aliphatic heterocycles. The van der Waals surface area contributed by atoms with Gasteiger partial charge >= 0.3 is 6.36 Å². The number of ether oxygens (including phenoxy) is 1. The highest BCUT2D eigenvalue weighted by molar-refractivity contribution is 5.82. The first-order chi connectivity index (χ1) is 18.1. The molecule has 1 aliphatic carbocycles. The molecule has 0 bridgehead atoms. The molecule has 1 aliphatic rings. The second-order valence-electron chi connectivity index (χ2n) is 10.1. The molecular formula is C30H28F3N3O2. The minimum absolute atomic E-state index is 0.289. The predicted octanol–water partition coefficient (Wildman–Crippen LogP) is 7.06. The Morgan fingerprint density at radius 2 is 1.66 bits per heavy atom. The molecule has 0 N–H and O–H groups in total. The SMILES string of the molecule is Cc1cc(C)c(CC(=O)CC2CC2c2ccc(-c3ncn(-c4ccc(OC(F)(F)F)cc4)n3)cc2)c(C)c1. The van der Waals surface area contributed by atoms with E-state index in [-0.39, 0.29) is 11.5 Å². The van der Waals surface area contributed by atoms with E-state index < -0.39 is 6.36 Å².